The standard InChI is InChI=1S/C24H33N3O4.HI/c1-18-6-7-19(23(14-18)31-22-9-13-28-17-22)15-26-24(27-16-21-5-3-12-30-21)25-10-8-20-4-2-11-29-20;/h2,4,6-7,11,14,21-22H,3,5,8-10,12-13,15-17H2,1H3,(H2,25,26,27);1H. The topological polar surface area (TPSA) is 77.3 Å². The van der Waals surface area contributed by atoms with E-state index < -0.39 is 0 Å². The highest BCUT2D eigenvalue weighted by Crippen LogP contribution is 2.24. The lowest BCUT2D eigenvalue weighted by molar-refractivity contribution is 0.114. The molecule has 0 radical (unpaired) electrons. The van der Waals surface area contributed by atoms with Crippen LogP contribution in [0, 0.1) is 6.92 Å². The molecule has 3 heterocycles. The molecule has 2 atom stereocenters. The number of hydrogen-bond donors (Lipinski definition) is 2. The van der Waals surface area contributed by atoms with Crippen molar-refractivity contribution in [3.8, 4) is 5.75 Å². The quantitative estimate of drug-likeness (QED) is 0.278. The molecular formula is C24H34IN3O4. The van der Waals surface area contributed by atoms with Gasteiger partial charge >= 0.3 is 0 Å². The fraction of sp³-hybridized carbons (Fsp3) is 0.542. The summed E-state index contributed by atoms with van der Waals surface area (Å²) in [5.74, 6) is 2.63. The minimum absolute atomic E-state index is 0. The van der Waals surface area contributed by atoms with E-state index in [-0.39, 0.29) is 36.2 Å². The molecule has 2 aromatic rings. The average Bonchev–Trinajstić information content (AvgIpc) is 3.55. The lowest BCUT2D eigenvalue weighted by Gasteiger charge is -2.17. The zero-order chi connectivity index (χ0) is 21.3. The van der Waals surface area contributed by atoms with Gasteiger partial charge in [0, 0.05) is 38.1 Å². The van der Waals surface area contributed by atoms with Gasteiger partial charge < -0.3 is 29.3 Å². The van der Waals surface area contributed by atoms with Crippen LogP contribution in [-0.4, -0.2) is 51.1 Å². The van der Waals surface area contributed by atoms with E-state index in [1.165, 1.54) is 5.56 Å². The van der Waals surface area contributed by atoms with Gasteiger partial charge in [-0.1, -0.05) is 12.1 Å². The Hall–Kier alpha value is -1.78. The summed E-state index contributed by atoms with van der Waals surface area (Å²) in [6.07, 6.45) is 6.01. The van der Waals surface area contributed by atoms with E-state index in [0.717, 1.165) is 75.0 Å². The molecule has 2 N–H and O–H groups in total. The number of nitrogens with zero attached hydrogens (tertiary/aromatic N) is 1. The zero-order valence-corrected chi connectivity index (χ0v) is 21.0. The van der Waals surface area contributed by atoms with Crippen LogP contribution in [0.1, 0.15) is 36.1 Å². The van der Waals surface area contributed by atoms with Gasteiger partial charge in [-0.3, -0.25) is 0 Å². The van der Waals surface area contributed by atoms with Crippen LogP contribution in [0.2, 0.25) is 0 Å². The number of benzene rings is 1. The molecule has 7 nitrogen and oxygen atoms in total. The van der Waals surface area contributed by atoms with Crippen molar-refractivity contribution in [1.29, 1.82) is 0 Å². The summed E-state index contributed by atoms with van der Waals surface area (Å²) < 4.78 is 22.9. The number of furan rings is 1. The first kappa shape index (κ1) is 24.9. The number of rotatable bonds is 9. The number of nitrogens with one attached hydrogen (secondary N) is 2. The highest BCUT2D eigenvalue weighted by atomic mass is 127. The Bertz CT molecular complexity index is 832. The molecule has 0 aliphatic carbocycles. The smallest absolute Gasteiger partial charge is 0.191 e. The fourth-order valence-electron chi connectivity index (χ4n) is 3.80. The van der Waals surface area contributed by atoms with Crippen molar-refractivity contribution in [3.05, 3.63) is 53.5 Å². The SMILES string of the molecule is Cc1ccc(CN=C(NCCc2ccco2)NCC2CCCO2)c(OC2CCOC2)c1.I. The molecule has 0 bridgehead atoms. The van der Waals surface area contributed by atoms with E-state index in [1.807, 2.05) is 12.1 Å². The summed E-state index contributed by atoms with van der Waals surface area (Å²) in [7, 11) is 0. The molecule has 32 heavy (non-hydrogen) atoms. The van der Waals surface area contributed by atoms with Gasteiger partial charge in [-0.15, -0.1) is 24.0 Å². The third kappa shape index (κ3) is 7.67. The molecule has 4 rings (SSSR count). The highest BCUT2D eigenvalue weighted by Gasteiger charge is 2.19. The number of ether oxygens (including phenoxy) is 3. The lowest BCUT2D eigenvalue weighted by Crippen LogP contribution is -2.41. The minimum atomic E-state index is 0. The van der Waals surface area contributed by atoms with Crippen LogP contribution >= 0.6 is 24.0 Å². The van der Waals surface area contributed by atoms with Gasteiger partial charge in [-0.05, 0) is 43.5 Å². The molecule has 2 unspecified atom stereocenters. The van der Waals surface area contributed by atoms with Gasteiger partial charge in [0.2, 0.25) is 0 Å². The van der Waals surface area contributed by atoms with E-state index >= 15 is 0 Å². The van der Waals surface area contributed by atoms with Gasteiger partial charge in [0.05, 0.1) is 32.1 Å². The minimum Gasteiger partial charge on any atom is -0.488 e. The summed E-state index contributed by atoms with van der Waals surface area (Å²) in [4.78, 5) is 4.84. The van der Waals surface area contributed by atoms with Gasteiger partial charge in [-0.25, -0.2) is 4.99 Å². The average molecular weight is 555 g/mol. The van der Waals surface area contributed by atoms with Gasteiger partial charge in [0.15, 0.2) is 5.96 Å². The highest BCUT2D eigenvalue weighted by molar-refractivity contribution is 14.0. The Labute approximate surface area is 207 Å². The number of aliphatic imine (C=N–C) groups is 1. The monoisotopic (exact) mass is 555 g/mol. The molecule has 2 saturated heterocycles. The molecule has 2 aliphatic rings. The van der Waals surface area contributed by atoms with Crippen LogP contribution in [0.5, 0.6) is 5.75 Å². The largest absolute Gasteiger partial charge is 0.488 e. The summed E-state index contributed by atoms with van der Waals surface area (Å²) >= 11 is 0. The van der Waals surface area contributed by atoms with Gasteiger partial charge in [-0.2, -0.15) is 0 Å². The molecule has 0 spiro atoms. The van der Waals surface area contributed by atoms with Crippen LogP contribution in [0.25, 0.3) is 0 Å². The maximum Gasteiger partial charge on any atom is 0.191 e. The molecule has 8 heteroatoms. The summed E-state index contributed by atoms with van der Waals surface area (Å²) in [5, 5.41) is 6.86. The van der Waals surface area contributed by atoms with Crippen LogP contribution in [0.4, 0.5) is 0 Å². The van der Waals surface area contributed by atoms with E-state index in [2.05, 4.69) is 35.8 Å². The maximum absolute atomic E-state index is 6.22. The van der Waals surface area contributed by atoms with Crippen molar-refractivity contribution in [2.24, 2.45) is 4.99 Å². The molecule has 2 fully saturated rings. The molecular weight excluding hydrogens is 521 g/mol. The third-order valence-corrected chi connectivity index (χ3v) is 5.58. The Morgan fingerprint density at radius 3 is 2.88 bits per heavy atom. The first-order valence-electron chi connectivity index (χ1n) is 11.3. The van der Waals surface area contributed by atoms with Crippen molar-refractivity contribution in [3.63, 3.8) is 0 Å². The van der Waals surface area contributed by atoms with Gasteiger partial charge in [0.1, 0.15) is 17.6 Å². The molecule has 1 aromatic heterocycles. The zero-order valence-electron chi connectivity index (χ0n) is 18.7. The first-order chi connectivity index (χ1) is 15.3. The molecule has 1 aromatic carbocycles. The predicted octanol–water partition coefficient (Wildman–Crippen LogP) is 3.83. The van der Waals surface area contributed by atoms with Crippen LogP contribution < -0.4 is 15.4 Å². The van der Waals surface area contributed by atoms with Crippen molar-refractivity contribution in [1.82, 2.24) is 10.6 Å². The van der Waals surface area contributed by atoms with E-state index in [9.17, 15) is 0 Å². The number of hydrogen-bond acceptors (Lipinski definition) is 5. The Morgan fingerprint density at radius 2 is 2.12 bits per heavy atom. The number of halogens is 1. The van der Waals surface area contributed by atoms with Crippen LogP contribution in [-0.2, 0) is 22.4 Å². The van der Waals surface area contributed by atoms with E-state index in [0.29, 0.717) is 13.2 Å². The predicted molar refractivity (Wildman–Crippen MR) is 135 cm³/mol. The Kier molecular flexibility index (Phi) is 10.1. The summed E-state index contributed by atoms with van der Waals surface area (Å²) in [5.41, 5.74) is 2.25. The second kappa shape index (κ2) is 13.1. The third-order valence-electron chi connectivity index (χ3n) is 5.58. The fourth-order valence-corrected chi connectivity index (χ4v) is 3.80. The summed E-state index contributed by atoms with van der Waals surface area (Å²) in [6.45, 7) is 6.37. The second-order valence-electron chi connectivity index (χ2n) is 8.15. The molecule has 0 amide bonds. The van der Waals surface area contributed by atoms with E-state index in [4.69, 9.17) is 23.6 Å². The summed E-state index contributed by atoms with van der Waals surface area (Å²) in [6, 6.07) is 10.2. The van der Waals surface area contributed by atoms with Crippen molar-refractivity contribution >= 4 is 29.9 Å². The number of guanidine groups is 1. The van der Waals surface area contributed by atoms with E-state index in [1.54, 1.807) is 6.26 Å². The second-order valence-corrected chi connectivity index (χ2v) is 8.15. The van der Waals surface area contributed by atoms with Crippen LogP contribution in [0.15, 0.2) is 46.0 Å². The van der Waals surface area contributed by atoms with Gasteiger partial charge in [0.25, 0.3) is 0 Å². The van der Waals surface area contributed by atoms with Crippen LogP contribution in [0.3, 0.4) is 0 Å². The first-order valence-corrected chi connectivity index (χ1v) is 11.3. The molecule has 176 valence electrons. The lowest BCUT2D eigenvalue weighted by atomic mass is 10.1. The Balaban J connectivity index is 0.00000289. The molecule has 2 aliphatic heterocycles. The Morgan fingerprint density at radius 1 is 1.19 bits per heavy atom. The normalized spacial score (nSPS) is 20.7. The number of aryl methyl sites for hydroxylation is 1. The maximum atomic E-state index is 6.22. The van der Waals surface area contributed by atoms with Crippen molar-refractivity contribution in [2.75, 3.05) is 32.9 Å². The van der Waals surface area contributed by atoms with Crippen molar-refractivity contribution in [2.45, 2.75) is 51.4 Å². The molecule has 0 saturated carbocycles. The van der Waals surface area contributed by atoms with Crippen molar-refractivity contribution < 1.29 is 18.6 Å².